The first-order chi connectivity index (χ1) is 8.14. The van der Waals surface area contributed by atoms with E-state index in [1.807, 2.05) is 6.92 Å². The van der Waals surface area contributed by atoms with E-state index in [-0.39, 0.29) is 11.9 Å². The number of rotatable bonds is 3. The van der Waals surface area contributed by atoms with Crippen LogP contribution in [0.1, 0.15) is 33.1 Å². The van der Waals surface area contributed by atoms with Gasteiger partial charge in [-0.2, -0.15) is 0 Å². The molecule has 1 aliphatic carbocycles. The van der Waals surface area contributed by atoms with E-state index in [1.165, 1.54) is 0 Å². The minimum atomic E-state index is -0.660. The summed E-state index contributed by atoms with van der Waals surface area (Å²) in [4.78, 5) is 14.5. The highest BCUT2D eigenvalue weighted by molar-refractivity contribution is 5.78. The first kappa shape index (κ1) is 12.8. The molecular formula is C13H23NO3. The number of hydrogen-bond donors (Lipinski definition) is 1. The molecular weight excluding hydrogens is 218 g/mol. The van der Waals surface area contributed by atoms with Crippen molar-refractivity contribution in [3.8, 4) is 0 Å². The highest BCUT2D eigenvalue weighted by atomic mass is 16.5. The van der Waals surface area contributed by atoms with E-state index in [0.717, 1.165) is 32.4 Å². The Hall–Kier alpha value is -0.610. The molecule has 2 rings (SSSR count). The van der Waals surface area contributed by atoms with Crippen molar-refractivity contribution in [3.63, 3.8) is 0 Å². The average Bonchev–Trinajstić information content (AvgIpc) is 2.29. The number of fused-ring (bicyclic) bond motifs is 2. The van der Waals surface area contributed by atoms with E-state index in [9.17, 15) is 9.90 Å². The summed E-state index contributed by atoms with van der Waals surface area (Å²) in [6, 6.07) is 0. The van der Waals surface area contributed by atoms with E-state index in [0.29, 0.717) is 13.2 Å². The molecule has 0 aromatic rings. The molecule has 17 heavy (non-hydrogen) atoms. The molecule has 2 aliphatic rings. The summed E-state index contributed by atoms with van der Waals surface area (Å²) in [7, 11) is 0. The summed E-state index contributed by atoms with van der Waals surface area (Å²) < 4.78 is 5.20. The normalized spacial score (nSPS) is 37.8. The molecule has 0 radical (unpaired) electrons. The third-order valence-corrected chi connectivity index (χ3v) is 4.34. The predicted molar refractivity (Wildman–Crippen MR) is 64.5 cm³/mol. The Kier molecular flexibility index (Phi) is 3.73. The molecule has 0 amide bonds. The number of piperidine rings is 1. The van der Waals surface area contributed by atoms with Gasteiger partial charge in [0.15, 0.2) is 0 Å². The lowest BCUT2D eigenvalue weighted by Gasteiger charge is -2.51. The van der Waals surface area contributed by atoms with Crippen LogP contribution in [0.3, 0.4) is 0 Å². The van der Waals surface area contributed by atoms with E-state index < -0.39 is 11.5 Å². The van der Waals surface area contributed by atoms with Crippen molar-refractivity contribution in [2.75, 3.05) is 26.2 Å². The second-order valence-corrected chi connectivity index (χ2v) is 5.30. The van der Waals surface area contributed by atoms with Crippen molar-refractivity contribution in [3.05, 3.63) is 0 Å². The summed E-state index contributed by atoms with van der Waals surface area (Å²) in [6.45, 7) is 6.82. The number of ether oxygens (including phenoxy) is 1. The third kappa shape index (κ3) is 2.08. The van der Waals surface area contributed by atoms with Crippen LogP contribution in [-0.4, -0.2) is 48.3 Å². The van der Waals surface area contributed by atoms with Crippen molar-refractivity contribution in [1.29, 1.82) is 0 Å². The van der Waals surface area contributed by atoms with Crippen LogP contribution in [0.25, 0.3) is 0 Å². The van der Waals surface area contributed by atoms with Crippen LogP contribution in [0.5, 0.6) is 0 Å². The molecule has 0 aromatic carbocycles. The van der Waals surface area contributed by atoms with Gasteiger partial charge in [0.05, 0.1) is 12.7 Å². The van der Waals surface area contributed by atoms with Gasteiger partial charge < -0.3 is 14.7 Å². The van der Waals surface area contributed by atoms with Crippen molar-refractivity contribution < 1.29 is 14.6 Å². The van der Waals surface area contributed by atoms with Crippen LogP contribution < -0.4 is 0 Å². The molecule has 3 atom stereocenters. The number of carbonyl (C=O) groups is 1. The Morgan fingerprint density at radius 2 is 2.29 bits per heavy atom. The SMILES string of the molecule is CCOC(=O)[C@]12CCC[C@H](CN(CC)C1)C2O. The van der Waals surface area contributed by atoms with Crippen molar-refractivity contribution in [1.82, 2.24) is 4.90 Å². The zero-order chi connectivity index (χ0) is 12.5. The smallest absolute Gasteiger partial charge is 0.316 e. The number of aliphatic hydroxyl groups excluding tert-OH is 1. The summed E-state index contributed by atoms with van der Waals surface area (Å²) in [5, 5.41) is 10.4. The van der Waals surface area contributed by atoms with Crippen molar-refractivity contribution in [2.45, 2.75) is 39.2 Å². The van der Waals surface area contributed by atoms with Gasteiger partial charge in [0.1, 0.15) is 5.41 Å². The first-order valence-corrected chi connectivity index (χ1v) is 6.71. The summed E-state index contributed by atoms with van der Waals surface area (Å²) in [6.07, 6.45) is 2.30. The molecule has 1 saturated carbocycles. The summed E-state index contributed by atoms with van der Waals surface area (Å²) in [5.74, 6) is 0.0391. The van der Waals surface area contributed by atoms with Gasteiger partial charge in [0.2, 0.25) is 0 Å². The largest absolute Gasteiger partial charge is 0.465 e. The van der Waals surface area contributed by atoms with E-state index in [2.05, 4.69) is 11.8 Å². The molecule has 2 fully saturated rings. The Morgan fingerprint density at radius 1 is 1.53 bits per heavy atom. The Labute approximate surface area is 103 Å². The third-order valence-electron chi connectivity index (χ3n) is 4.34. The second-order valence-electron chi connectivity index (χ2n) is 5.30. The second kappa shape index (κ2) is 4.94. The Bertz CT molecular complexity index is 294. The molecule has 4 heteroatoms. The lowest BCUT2D eigenvalue weighted by molar-refractivity contribution is -0.182. The number of aliphatic hydroxyl groups is 1. The van der Waals surface area contributed by atoms with Gasteiger partial charge in [0, 0.05) is 13.1 Å². The molecule has 0 spiro atoms. The maximum atomic E-state index is 12.2. The zero-order valence-corrected chi connectivity index (χ0v) is 10.8. The van der Waals surface area contributed by atoms with Crippen LogP contribution in [0.2, 0.25) is 0 Å². The van der Waals surface area contributed by atoms with E-state index in [1.54, 1.807) is 0 Å². The van der Waals surface area contributed by atoms with Crippen LogP contribution in [0, 0.1) is 11.3 Å². The number of hydrogen-bond acceptors (Lipinski definition) is 4. The standard InChI is InChI=1S/C13H23NO3/c1-3-14-8-10-6-5-7-13(9-14,11(10)15)12(16)17-4-2/h10-11,15H,3-9H2,1-2H3/t10-,11?,13-/m1/s1. The summed E-state index contributed by atoms with van der Waals surface area (Å²) in [5.41, 5.74) is -0.660. The zero-order valence-electron chi connectivity index (χ0n) is 10.8. The number of esters is 1. The molecule has 1 N–H and O–H groups in total. The molecule has 98 valence electrons. The molecule has 0 aromatic heterocycles. The molecule has 1 saturated heterocycles. The molecule has 1 unspecified atom stereocenters. The van der Waals surface area contributed by atoms with Gasteiger partial charge in [-0.1, -0.05) is 13.3 Å². The van der Waals surface area contributed by atoms with Gasteiger partial charge in [-0.05, 0) is 32.2 Å². The lowest BCUT2D eigenvalue weighted by Crippen LogP contribution is -2.62. The molecule has 2 bridgehead atoms. The molecule has 1 aliphatic heterocycles. The van der Waals surface area contributed by atoms with Gasteiger partial charge in [0.25, 0.3) is 0 Å². The van der Waals surface area contributed by atoms with Crippen molar-refractivity contribution >= 4 is 5.97 Å². The average molecular weight is 241 g/mol. The summed E-state index contributed by atoms with van der Waals surface area (Å²) >= 11 is 0. The van der Waals surface area contributed by atoms with Gasteiger partial charge in [-0.15, -0.1) is 0 Å². The van der Waals surface area contributed by atoms with Gasteiger partial charge in [-0.3, -0.25) is 4.79 Å². The molecule has 4 nitrogen and oxygen atoms in total. The topological polar surface area (TPSA) is 49.8 Å². The van der Waals surface area contributed by atoms with Crippen LogP contribution in [0.15, 0.2) is 0 Å². The monoisotopic (exact) mass is 241 g/mol. The maximum Gasteiger partial charge on any atom is 0.316 e. The highest BCUT2D eigenvalue weighted by Crippen LogP contribution is 2.45. The molecule has 1 heterocycles. The fraction of sp³-hybridized carbons (Fsp3) is 0.923. The minimum Gasteiger partial charge on any atom is -0.465 e. The predicted octanol–water partition coefficient (Wildman–Crippen LogP) is 1.03. The van der Waals surface area contributed by atoms with Crippen molar-refractivity contribution in [2.24, 2.45) is 11.3 Å². The minimum absolute atomic E-state index is 0.199. The fourth-order valence-corrected chi connectivity index (χ4v) is 3.40. The quantitative estimate of drug-likeness (QED) is 0.750. The fourth-order valence-electron chi connectivity index (χ4n) is 3.40. The Balaban J connectivity index is 2.23. The van der Waals surface area contributed by atoms with E-state index in [4.69, 9.17) is 4.74 Å². The lowest BCUT2D eigenvalue weighted by atomic mass is 9.64. The number of carbonyl (C=O) groups excluding carboxylic acids is 1. The van der Waals surface area contributed by atoms with Crippen LogP contribution in [-0.2, 0) is 9.53 Å². The number of nitrogens with zero attached hydrogens (tertiary/aromatic N) is 1. The number of likely N-dealkylation sites (tertiary alicyclic amines) is 1. The van der Waals surface area contributed by atoms with Crippen LogP contribution >= 0.6 is 0 Å². The van der Waals surface area contributed by atoms with E-state index >= 15 is 0 Å². The van der Waals surface area contributed by atoms with Gasteiger partial charge in [-0.25, -0.2) is 0 Å². The first-order valence-electron chi connectivity index (χ1n) is 6.71. The maximum absolute atomic E-state index is 12.2. The van der Waals surface area contributed by atoms with Gasteiger partial charge >= 0.3 is 5.97 Å². The Morgan fingerprint density at radius 3 is 2.94 bits per heavy atom. The highest BCUT2D eigenvalue weighted by Gasteiger charge is 2.55. The van der Waals surface area contributed by atoms with Crippen LogP contribution in [0.4, 0.5) is 0 Å².